The van der Waals surface area contributed by atoms with Crippen LogP contribution in [0.5, 0.6) is 0 Å². The molecule has 1 saturated carbocycles. The minimum absolute atomic E-state index is 0.00555. The molecule has 2 N–H and O–H groups in total. The Balaban J connectivity index is 1.82. The number of hydrogen-bond acceptors (Lipinski definition) is 2. The summed E-state index contributed by atoms with van der Waals surface area (Å²) in [4.78, 5) is 23.1. The van der Waals surface area contributed by atoms with Crippen molar-refractivity contribution in [3.8, 4) is 0 Å². The fourth-order valence-corrected chi connectivity index (χ4v) is 2.74. The van der Waals surface area contributed by atoms with Gasteiger partial charge in [-0.3, -0.25) is 4.79 Å². The second kappa shape index (κ2) is 6.55. The van der Waals surface area contributed by atoms with Crippen molar-refractivity contribution in [1.82, 2.24) is 5.32 Å². The molecular formula is C16H22N2O2. The number of rotatable bonds is 4. The topological polar surface area (TPSA) is 58.2 Å². The van der Waals surface area contributed by atoms with E-state index in [1.807, 2.05) is 0 Å². The number of benzene rings is 1. The summed E-state index contributed by atoms with van der Waals surface area (Å²) in [5, 5.41) is 5.68. The van der Waals surface area contributed by atoms with Crippen molar-refractivity contribution in [1.29, 1.82) is 0 Å². The lowest BCUT2D eigenvalue weighted by Gasteiger charge is -2.12. The molecule has 1 aromatic carbocycles. The van der Waals surface area contributed by atoms with Crippen LogP contribution in [0.15, 0.2) is 24.3 Å². The third kappa shape index (κ3) is 4.08. The summed E-state index contributed by atoms with van der Waals surface area (Å²) in [7, 11) is 0. The second-order valence-corrected chi connectivity index (χ2v) is 5.76. The Morgan fingerprint density at radius 1 is 1.30 bits per heavy atom. The summed E-state index contributed by atoms with van der Waals surface area (Å²) < 4.78 is 0. The van der Waals surface area contributed by atoms with Crippen LogP contribution >= 0.6 is 0 Å². The van der Waals surface area contributed by atoms with Crippen LogP contribution in [0, 0.1) is 11.8 Å². The van der Waals surface area contributed by atoms with E-state index in [1.165, 1.54) is 26.2 Å². The molecule has 1 fully saturated rings. The summed E-state index contributed by atoms with van der Waals surface area (Å²) in [6.45, 7) is 4.50. The van der Waals surface area contributed by atoms with Crippen LogP contribution in [-0.2, 0) is 0 Å². The third-order valence-corrected chi connectivity index (χ3v) is 3.88. The number of carbonyl (C=O) groups is 2. The Morgan fingerprint density at radius 3 is 2.75 bits per heavy atom. The van der Waals surface area contributed by atoms with Crippen molar-refractivity contribution in [2.45, 2.75) is 33.1 Å². The van der Waals surface area contributed by atoms with Gasteiger partial charge < -0.3 is 10.6 Å². The smallest absolute Gasteiger partial charge is 0.319 e. The van der Waals surface area contributed by atoms with Gasteiger partial charge in [0.1, 0.15) is 0 Å². The van der Waals surface area contributed by atoms with E-state index < -0.39 is 0 Å². The number of Topliss-reactive ketones (excluding diaryl/α,β-unsaturated/α-hetero) is 1. The normalized spacial score (nSPS) is 21.5. The van der Waals surface area contributed by atoms with Crippen LogP contribution in [-0.4, -0.2) is 18.4 Å². The standard InChI is InChI=1S/C16H22N2O2/c1-11-6-7-13(8-11)10-17-16(20)18-15-5-3-4-14(9-15)12(2)19/h3-5,9,11,13H,6-8,10H2,1-2H3,(H2,17,18,20). The predicted octanol–water partition coefficient (Wildman–Crippen LogP) is 3.45. The van der Waals surface area contributed by atoms with Gasteiger partial charge in [0.2, 0.25) is 0 Å². The van der Waals surface area contributed by atoms with Gasteiger partial charge in [-0.2, -0.15) is 0 Å². The molecule has 108 valence electrons. The quantitative estimate of drug-likeness (QED) is 0.826. The van der Waals surface area contributed by atoms with Gasteiger partial charge in [0.15, 0.2) is 5.78 Å². The van der Waals surface area contributed by atoms with E-state index >= 15 is 0 Å². The van der Waals surface area contributed by atoms with E-state index in [9.17, 15) is 9.59 Å². The lowest BCUT2D eigenvalue weighted by atomic mass is 10.1. The van der Waals surface area contributed by atoms with Crippen molar-refractivity contribution in [3.05, 3.63) is 29.8 Å². The van der Waals surface area contributed by atoms with Crippen molar-refractivity contribution in [2.24, 2.45) is 11.8 Å². The van der Waals surface area contributed by atoms with Gasteiger partial charge in [0.25, 0.3) is 0 Å². The molecule has 2 rings (SSSR count). The van der Waals surface area contributed by atoms with Crippen molar-refractivity contribution >= 4 is 17.5 Å². The molecule has 0 radical (unpaired) electrons. The number of nitrogens with one attached hydrogen (secondary N) is 2. The number of carbonyl (C=O) groups excluding carboxylic acids is 2. The molecule has 0 bridgehead atoms. The Morgan fingerprint density at radius 2 is 2.10 bits per heavy atom. The van der Waals surface area contributed by atoms with Crippen LogP contribution in [0.2, 0.25) is 0 Å². The van der Waals surface area contributed by atoms with Crippen LogP contribution in [0.25, 0.3) is 0 Å². The first-order chi connectivity index (χ1) is 9.54. The maximum absolute atomic E-state index is 11.8. The fraction of sp³-hybridized carbons (Fsp3) is 0.500. The van der Waals surface area contributed by atoms with Gasteiger partial charge in [-0.15, -0.1) is 0 Å². The Hall–Kier alpha value is -1.84. The average Bonchev–Trinajstić information content (AvgIpc) is 2.82. The molecule has 20 heavy (non-hydrogen) atoms. The zero-order valence-corrected chi connectivity index (χ0v) is 12.1. The largest absolute Gasteiger partial charge is 0.338 e. The first-order valence-corrected chi connectivity index (χ1v) is 7.20. The fourth-order valence-electron chi connectivity index (χ4n) is 2.74. The zero-order chi connectivity index (χ0) is 14.5. The van der Waals surface area contributed by atoms with Crippen LogP contribution in [0.3, 0.4) is 0 Å². The van der Waals surface area contributed by atoms with E-state index in [0.29, 0.717) is 17.2 Å². The monoisotopic (exact) mass is 274 g/mol. The van der Waals surface area contributed by atoms with Crippen LogP contribution < -0.4 is 10.6 Å². The van der Waals surface area contributed by atoms with Gasteiger partial charge in [-0.25, -0.2) is 4.79 Å². The molecule has 0 aliphatic heterocycles. The summed E-state index contributed by atoms with van der Waals surface area (Å²) in [6, 6.07) is 6.78. The highest BCUT2D eigenvalue weighted by Crippen LogP contribution is 2.29. The number of ketones is 1. The molecular weight excluding hydrogens is 252 g/mol. The molecule has 0 spiro atoms. The van der Waals surface area contributed by atoms with Crippen LogP contribution in [0.4, 0.5) is 10.5 Å². The summed E-state index contributed by atoms with van der Waals surface area (Å²) >= 11 is 0. The minimum Gasteiger partial charge on any atom is -0.338 e. The molecule has 4 heteroatoms. The minimum atomic E-state index is -0.203. The van der Waals surface area contributed by atoms with E-state index in [4.69, 9.17) is 0 Å². The molecule has 2 unspecified atom stereocenters. The van der Waals surface area contributed by atoms with Gasteiger partial charge in [0.05, 0.1) is 0 Å². The number of urea groups is 1. The molecule has 4 nitrogen and oxygen atoms in total. The summed E-state index contributed by atoms with van der Waals surface area (Å²) in [5.41, 5.74) is 1.25. The van der Waals surface area contributed by atoms with Crippen molar-refractivity contribution < 1.29 is 9.59 Å². The molecule has 1 aromatic rings. The second-order valence-electron chi connectivity index (χ2n) is 5.76. The molecule has 0 aromatic heterocycles. The molecule has 0 saturated heterocycles. The maximum atomic E-state index is 11.8. The van der Waals surface area contributed by atoms with E-state index in [-0.39, 0.29) is 11.8 Å². The zero-order valence-electron chi connectivity index (χ0n) is 12.1. The number of amides is 2. The molecule has 2 amide bonds. The summed E-state index contributed by atoms with van der Waals surface area (Å²) in [6.07, 6.45) is 3.65. The van der Waals surface area contributed by atoms with Crippen LogP contribution in [0.1, 0.15) is 43.5 Å². The SMILES string of the molecule is CC(=O)c1cccc(NC(=O)NCC2CCC(C)C2)c1. The highest BCUT2D eigenvalue weighted by molar-refractivity contribution is 5.96. The molecule has 0 heterocycles. The number of hydrogen-bond donors (Lipinski definition) is 2. The molecule has 1 aliphatic carbocycles. The van der Waals surface area contributed by atoms with Gasteiger partial charge in [-0.1, -0.05) is 25.5 Å². The Labute approximate surface area is 119 Å². The average molecular weight is 274 g/mol. The molecule has 1 aliphatic rings. The summed E-state index contributed by atoms with van der Waals surface area (Å²) in [5.74, 6) is 1.37. The predicted molar refractivity (Wildman–Crippen MR) is 80.0 cm³/mol. The first kappa shape index (κ1) is 14.6. The van der Waals surface area contributed by atoms with E-state index in [0.717, 1.165) is 12.5 Å². The van der Waals surface area contributed by atoms with Gasteiger partial charge in [-0.05, 0) is 43.7 Å². The van der Waals surface area contributed by atoms with Gasteiger partial charge in [0, 0.05) is 17.8 Å². The molecule has 2 atom stereocenters. The lowest BCUT2D eigenvalue weighted by Crippen LogP contribution is -2.32. The Kier molecular flexibility index (Phi) is 4.77. The van der Waals surface area contributed by atoms with E-state index in [1.54, 1.807) is 24.3 Å². The number of anilines is 1. The maximum Gasteiger partial charge on any atom is 0.319 e. The Bertz CT molecular complexity index is 499. The highest BCUT2D eigenvalue weighted by atomic mass is 16.2. The lowest BCUT2D eigenvalue weighted by molar-refractivity contribution is 0.101. The first-order valence-electron chi connectivity index (χ1n) is 7.20. The highest BCUT2D eigenvalue weighted by Gasteiger charge is 2.21. The van der Waals surface area contributed by atoms with Crippen molar-refractivity contribution in [3.63, 3.8) is 0 Å². The van der Waals surface area contributed by atoms with Gasteiger partial charge >= 0.3 is 6.03 Å². The van der Waals surface area contributed by atoms with E-state index in [2.05, 4.69) is 17.6 Å². The third-order valence-electron chi connectivity index (χ3n) is 3.88. The van der Waals surface area contributed by atoms with Crippen molar-refractivity contribution in [2.75, 3.05) is 11.9 Å².